The molecule has 2 heterocycles. The Morgan fingerprint density at radius 2 is 2.19 bits per heavy atom. The van der Waals surface area contributed by atoms with Crippen molar-refractivity contribution in [3.8, 4) is 5.69 Å². The quantitative estimate of drug-likeness (QED) is 0.815. The van der Waals surface area contributed by atoms with Gasteiger partial charge in [-0.2, -0.15) is 0 Å². The number of benzene rings is 1. The first kappa shape index (κ1) is 18.4. The van der Waals surface area contributed by atoms with Crippen LogP contribution in [0, 0.1) is 0 Å². The van der Waals surface area contributed by atoms with E-state index in [4.69, 9.17) is 0 Å². The highest BCUT2D eigenvalue weighted by Crippen LogP contribution is 2.23. The van der Waals surface area contributed by atoms with E-state index in [1.165, 1.54) is 25.1 Å². The molecule has 2 amide bonds. The molecule has 0 radical (unpaired) electrons. The molecule has 8 heteroatoms. The first-order valence-electron chi connectivity index (χ1n) is 8.75. The van der Waals surface area contributed by atoms with Crippen molar-refractivity contribution in [2.24, 2.45) is 0 Å². The van der Waals surface area contributed by atoms with Gasteiger partial charge in [-0.05, 0) is 44.4 Å². The molecule has 1 aliphatic heterocycles. The lowest BCUT2D eigenvalue weighted by molar-refractivity contribution is -0.131. The molecular formula is C18H23N5O2S. The molecule has 1 unspecified atom stereocenters. The number of likely N-dealkylation sites (tertiary alicyclic amines) is 1. The summed E-state index contributed by atoms with van der Waals surface area (Å²) in [5.74, 6) is 0.361. The maximum absolute atomic E-state index is 12.5. The summed E-state index contributed by atoms with van der Waals surface area (Å²) in [6.07, 6.45) is 4.95. The summed E-state index contributed by atoms with van der Waals surface area (Å²) >= 11 is 1.38. The summed E-state index contributed by atoms with van der Waals surface area (Å²) in [6.45, 7) is 4.42. The van der Waals surface area contributed by atoms with Crippen LogP contribution in [0.1, 0.15) is 33.1 Å². The number of rotatable bonds is 5. The molecule has 2 aromatic rings. The highest BCUT2D eigenvalue weighted by atomic mass is 32.2. The van der Waals surface area contributed by atoms with Crippen molar-refractivity contribution in [1.82, 2.24) is 19.7 Å². The second kappa shape index (κ2) is 8.35. The average molecular weight is 373 g/mol. The average Bonchev–Trinajstić information content (AvgIpc) is 3.08. The molecule has 1 saturated heterocycles. The Labute approximate surface area is 157 Å². The second-order valence-corrected chi connectivity index (χ2v) is 7.38. The van der Waals surface area contributed by atoms with E-state index in [0.717, 1.165) is 25.1 Å². The lowest BCUT2D eigenvalue weighted by atomic mass is 10.0. The minimum Gasteiger partial charge on any atom is -0.339 e. The fourth-order valence-corrected chi connectivity index (χ4v) is 3.93. The van der Waals surface area contributed by atoms with Crippen molar-refractivity contribution in [3.05, 3.63) is 30.6 Å². The monoisotopic (exact) mass is 373 g/mol. The number of carbonyl (C=O) groups excluding carboxylic acids is 2. The van der Waals surface area contributed by atoms with Gasteiger partial charge in [-0.25, -0.2) is 0 Å². The van der Waals surface area contributed by atoms with Gasteiger partial charge >= 0.3 is 0 Å². The van der Waals surface area contributed by atoms with Crippen LogP contribution in [0.15, 0.2) is 35.7 Å². The molecule has 0 bridgehead atoms. The first-order valence-corrected chi connectivity index (χ1v) is 9.73. The van der Waals surface area contributed by atoms with Crippen LogP contribution in [0.4, 0.5) is 5.69 Å². The number of hydrogen-bond donors (Lipinski definition) is 1. The second-order valence-electron chi connectivity index (χ2n) is 6.44. The van der Waals surface area contributed by atoms with Gasteiger partial charge < -0.3 is 10.2 Å². The van der Waals surface area contributed by atoms with E-state index in [9.17, 15) is 9.59 Å². The molecular weight excluding hydrogens is 350 g/mol. The standard InChI is InChI=1S/C18H23N5O2S/c1-13-6-3-4-9-22(13)17(25)11-26-18-21-19-12-23(18)16-8-5-7-15(10-16)20-14(2)24/h5,7-8,10,12-13H,3-4,6,9,11H2,1-2H3,(H,20,24). The van der Waals surface area contributed by atoms with Crippen LogP contribution in [-0.4, -0.2) is 49.8 Å². The fourth-order valence-electron chi connectivity index (χ4n) is 3.11. The SMILES string of the molecule is CC(=O)Nc1cccc(-n2cnnc2SCC(=O)N2CCCCC2C)c1. The molecule has 0 aliphatic carbocycles. The van der Waals surface area contributed by atoms with Gasteiger partial charge in [0.05, 0.1) is 11.4 Å². The van der Waals surface area contributed by atoms with Crippen molar-refractivity contribution in [2.75, 3.05) is 17.6 Å². The summed E-state index contributed by atoms with van der Waals surface area (Å²) < 4.78 is 1.82. The van der Waals surface area contributed by atoms with Gasteiger partial charge in [0.1, 0.15) is 6.33 Å². The zero-order valence-corrected chi connectivity index (χ0v) is 15.8. The predicted octanol–water partition coefficient (Wildman–Crippen LogP) is 2.72. The zero-order chi connectivity index (χ0) is 18.5. The van der Waals surface area contributed by atoms with E-state index in [1.807, 2.05) is 33.7 Å². The third-order valence-electron chi connectivity index (χ3n) is 4.41. The number of carbonyl (C=O) groups is 2. The Hall–Kier alpha value is -2.35. The Bertz CT molecular complexity index is 791. The van der Waals surface area contributed by atoms with Gasteiger partial charge in [0.15, 0.2) is 5.16 Å². The number of aromatic nitrogens is 3. The van der Waals surface area contributed by atoms with Crippen LogP contribution >= 0.6 is 11.8 Å². The molecule has 1 aliphatic rings. The van der Waals surface area contributed by atoms with E-state index < -0.39 is 0 Å². The highest BCUT2D eigenvalue weighted by Gasteiger charge is 2.23. The van der Waals surface area contributed by atoms with Crippen LogP contribution in [-0.2, 0) is 9.59 Å². The maximum Gasteiger partial charge on any atom is 0.233 e. The van der Waals surface area contributed by atoms with Gasteiger partial charge in [-0.3, -0.25) is 14.2 Å². The largest absolute Gasteiger partial charge is 0.339 e. The van der Waals surface area contributed by atoms with Crippen LogP contribution in [0.2, 0.25) is 0 Å². The van der Waals surface area contributed by atoms with Gasteiger partial charge in [0.2, 0.25) is 11.8 Å². The van der Waals surface area contributed by atoms with E-state index >= 15 is 0 Å². The fraction of sp³-hybridized carbons (Fsp3) is 0.444. The van der Waals surface area contributed by atoms with E-state index in [0.29, 0.717) is 22.6 Å². The van der Waals surface area contributed by atoms with Crippen molar-refractivity contribution >= 4 is 29.3 Å². The molecule has 0 saturated carbocycles. The lowest BCUT2D eigenvalue weighted by Gasteiger charge is -2.33. The number of nitrogens with one attached hydrogen (secondary N) is 1. The van der Waals surface area contributed by atoms with Crippen LogP contribution in [0.5, 0.6) is 0 Å². The summed E-state index contributed by atoms with van der Waals surface area (Å²) in [7, 11) is 0. The number of anilines is 1. The molecule has 1 fully saturated rings. The molecule has 1 aromatic carbocycles. The van der Waals surface area contributed by atoms with Gasteiger partial charge in [-0.15, -0.1) is 10.2 Å². The smallest absolute Gasteiger partial charge is 0.233 e. The van der Waals surface area contributed by atoms with E-state index in [-0.39, 0.29) is 11.8 Å². The minimum atomic E-state index is -0.123. The molecule has 0 spiro atoms. The van der Waals surface area contributed by atoms with Gasteiger partial charge in [0.25, 0.3) is 0 Å². The van der Waals surface area contributed by atoms with Crippen molar-refractivity contribution in [1.29, 1.82) is 0 Å². The summed E-state index contributed by atoms with van der Waals surface area (Å²) in [5, 5.41) is 11.5. The molecule has 1 aromatic heterocycles. The molecule has 138 valence electrons. The van der Waals surface area contributed by atoms with Crippen molar-refractivity contribution in [2.45, 2.75) is 44.3 Å². The number of nitrogens with zero attached hydrogens (tertiary/aromatic N) is 4. The van der Waals surface area contributed by atoms with Crippen molar-refractivity contribution in [3.63, 3.8) is 0 Å². The maximum atomic E-state index is 12.5. The third-order valence-corrected chi connectivity index (χ3v) is 5.34. The molecule has 26 heavy (non-hydrogen) atoms. The number of piperidine rings is 1. The third kappa shape index (κ3) is 4.43. The summed E-state index contributed by atoms with van der Waals surface area (Å²) in [4.78, 5) is 25.7. The highest BCUT2D eigenvalue weighted by molar-refractivity contribution is 7.99. The topological polar surface area (TPSA) is 80.1 Å². The Kier molecular flexibility index (Phi) is 5.92. The summed E-state index contributed by atoms with van der Waals surface area (Å²) in [6, 6.07) is 7.75. The first-order chi connectivity index (χ1) is 12.5. The van der Waals surface area contributed by atoms with Gasteiger partial charge in [0, 0.05) is 25.2 Å². The number of thioether (sulfide) groups is 1. The lowest BCUT2D eigenvalue weighted by Crippen LogP contribution is -2.42. The van der Waals surface area contributed by atoms with Crippen molar-refractivity contribution < 1.29 is 9.59 Å². The van der Waals surface area contributed by atoms with Crippen LogP contribution in [0.25, 0.3) is 5.69 Å². The molecule has 1 atom stereocenters. The number of hydrogen-bond acceptors (Lipinski definition) is 5. The number of amides is 2. The minimum absolute atomic E-state index is 0.123. The van der Waals surface area contributed by atoms with E-state index in [2.05, 4.69) is 22.4 Å². The Morgan fingerprint density at radius 1 is 1.35 bits per heavy atom. The normalized spacial score (nSPS) is 17.2. The van der Waals surface area contributed by atoms with Gasteiger partial charge in [-0.1, -0.05) is 17.8 Å². The zero-order valence-electron chi connectivity index (χ0n) is 15.0. The molecule has 7 nitrogen and oxygen atoms in total. The summed E-state index contributed by atoms with van der Waals surface area (Å²) in [5.41, 5.74) is 1.54. The molecule has 1 N–H and O–H groups in total. The predicted molar refractivity (Wildman–Crippen MR) is 101 cm³/mol. The molecule has 3 rings (SSSR count). The Morgan fingerprint density at radius 3 is 2.96 bits per heavy atom. The van der Waals surface area contributed by atoms with Crippen LogP contribution < -0.4 is 5.32 Å². The Balaban J connectivity index is 1.69. The van der Waals surface area contributed by atoms with Crippen LogP contribution in [0.3, 0.4) is 0 Å². The van der Waals surface area contributed by atoms with E-state index in [1.54, 1.807) is 6.33 Å².